The first-order valence-electron chi connectivity index (χ1n) is 6.41. The fraction of sp³-hybridized carbons (Fsp3) is 0.176. The van der Waals surface area contributed by atoms with E-state index in [0.717, 1.165) is 21.3 Å². The maximum absolute atomic E-state index is 6.01. The molecule has 0 bridgehead atoms. The Kier molecular flexibility index (Phi) is 3.40. The first-order chi connectivity index (χ1) is 9.74. The van der Waals surface area contributed by atoms with Crippen LogP contribution < -0.4 is 4.74 Å². The molecule has 0 aliphatic carbocycles. The van der Waals surface area contributed by atoms with E-state index in [2.05, 4.69) is 40.7 Å². The highest BCUT2D eigenvalue weighted by Crippen LogP contribution is 2.51. The number of methoxy groups -OCH3 is 1. The van der Waals surface area contributed by atoms with Crippen molar-refractivity contribution in [2.75, 3.05) is 7.11 Å². The highest BCUT2D eigenvalue weighted by molar-refractivity contribution is 9.10. The van der Waals surface area contributed by atoms with Crippen molar-refractivity contribution in [1.29, 1.82) is 0 Å². The van der Waals surface area contributed by atoms with Crippen molar-refractivity contribution in [2.45, 2.75) is 11.7 Å². The molecule has 20 heavy (non-hydrogen) atoms. The molecular weight excluding hydrogens is 316 g/mol. The summed E-state index contributed by atoms with van der Waals surface area (Å²) in [4.78, 5) is 0. The van der Waals surface area contributed by atoms with E-state index in [1.54, 1.807) is 7.11 Å². The zero-order valence-electron chi connectivity index (χ0n) is 11.2. The highest BCUT2D eigenvalue weighted by Gasteiger charge is 2.49. The molecule has 0 radical (unpaired) electrons. The van der Waals surface area contributed by atoms with Crippen LogP contribution in [0, 0.1) is 0 Å². The van der Waals surface area contributed by atoms with Crippen molar-refractivity contribution < 1.29 is 9.47 Å². The summed E-state index contributed by atoms with van der Waals surface area (Å²) < 4.78 is 12.5. The molecule has 3 heteroatoms. The number of hydrogen-bond acceptors (Lipinski definition) is 2. The Bertz CT molecular complexity index is 639. The van der Waals surface area contributed by atoms with Crippen LogP contribution in [0.25, 0.3) is 0 Å². The van der Waals surface area contributed by atoms with Crippen LogP contribution in [0.15, 0.2) is 65.7 Å². The number of hydrogen-bond donors (Lipinski definition) is 0. The molecule has 1 aliphatic rings. The molecule has 3 rings (SSSR count). The minimum absolute atomic E-state index is 0.420. The van der Waals surface area contributed by atoms with Gasteiger partial charge in [-0.1, -0.05) is 48.5 Å². The van der Waals surface area contributed by atoms with Crippen LogP contribution in [0.2, 0.25) is 0 Å². The normalized spacial score (nSPS) is 24.0. The lowest BCUT2D eigenvalue weighted by molar-refractivity contribution is -0.0651. The molecule has 0 fully saturated rings. The summed E-state index contributed by atoms with van der Waals surface area (Å²) in [6.07, 6.45) is 1.49. The van der Waals surface area contributed by atoms with Gasteiger partial charge in [0.05, 0.1) is 4.47 Å². The van der Waals surface area contributed by atoms with E-state index in [1.165, 1.54) is 0 Å². The third-order valence-electron chi connectivity index (χ3n) is 3.80. The Morgan fingerprint density at radius 3 is 2.60 bits per heavy atom. The quantitative estimate of drug-likeness (QED) is 0.782. The molecular formula is C17H15BrO2. The summed E-state index contributed by atoms with van der Waals surface area (Å²) in [5.41, 5.74) is 1.69. The van der Waals surface area contributed by atoms with Crippen molar-refractivity contribution in [3.8, 4) is 5.75 Å². The lowest BCUT2D eigenvalue weighted by Crippen LogP contribution is -2.38. The fourth-order valence-corrected chi connectivity index (χ4v) is 3.30. The standard InChI is InChI=1S/C17H15BrO2/c1-3-17(12-8-5-4-6-9-12)13-10-7-11-14(18)15(13)20-16(17)19-2/h3-11,16H,1H2,2H3/t16-,17-/m1/s1. The number of ether oxygens (including phenoxy) is 2. The fourth-order valence-electron chi connectivity index (χ4n) is 2.84. The van der Waals surface area contributed by atoms with Gasteiger partial charge in [0.2, 0.25) is 6.29 Å². The summed E-state index contributed by atoms with van der Waals surface area (Å²) in [6.45, 7) is 4.04. The minimum atomic E-state index is -0.491. The number of fused-ring (bicyclic) bond motifs is 1. The molecule has 0 spiro atoms. The number of rotatable bonds is 3. The average molecular weight is 331 g/mol. The Morgan fingerprint density at radius 1 is 1.20 bits per heavy atom. The van der Waals surface area contributed by atoms with Gasteiger partial charge in [-0.25, -0.2) is 0 Å². The molecule has 0 unspecified atom stereocenters. The van der Waals surface area contributed by atoms with Crippen molar-refractivity contribution in [3.63, 3.8) is 0 Å². The highest BCUT2D eigenvalue weighted by atomic mass is 79.9. The Labute approximate surface area is 127 Å². The summed E-state index contributed by atoms with van der Waals surface area (Å²) in [6, 6.07) is 16.2. The van der Waals surface area contributed by atoms with E-state index >= 15 is 0 Å². The van der Waals surface area contributed by atoms with Crippen LogP contribution in [0.5, 0.6) is 5.75 Å². The molecule has 0 saturated carbocycles. The SMILES string of the molecule is C=C[C@@]1(c2ccccc2)c2cccc(Br)c2O[C@H]1OC. The van der Waals surface area contributed by atoms with E-state index in [4.69, 9.17) is 9.47 Å². The summed E-state index contributed by atoms with van der Waals surface area (Å²) >= 11 is 3.54. The van der Waals surface area contributed by atoms with Gasteiger partial charge >= 0.3 is 0 Å². The van der Waals surface area contributed by atoms with Gasteiger partial charge in [-0.05, 0) is 27.6 Å². The molecule has 0 saturated heterocycles. The zero-order chi connectivity index (χ0) is 14.2. The van der Waals surface area contributed by atoms with Gasteiger partial charge in [0.15, 0.2) is 0 Å². The topological polar surface area (TPSA) is 18.5 Å². The van der Waals surface area contributed by atoms with Crippen LogP contribution in [-0.2, 0) is 10.2 Å². The Morgan fingerprint density at radius 2 is 1.95 bits per heavy atom. The van der Waals surface area contributed by atoms with E-state index in [1.807, 2.05) is 36.4 Å². The molecule has 2 aromatic rings. The van der Waals surface area contributed by atoms with Gasteiger partial charge in [-0.2, -0.15) is 0 Å². The second-order valence-electron chi connectivity index (χ2n) is 4.74. The van der Waals surface area contributed by atoms with Crippen LogP contribution in [0.4, 0.5) is 0 Å². The van der Waals surface area contributed by atoms with E-state index in [-0.39, 0.29) is 0 Å². The van der Waals surface area contributed by atoms with E-state index in [9.17, 15) is 0 Å². The van der Waals surface area contributed by atoms with Gasteiger partial charge in [-0.15, -0.1) is 6.58 Å². The van der Waals surface area contributed by atoms with Gasteiger partial charge < -0.3 is 9.47 Å². The molecule has 0 amide bonds. The molecule has 1 heterocycles. The lowest BCUT2D eigenvalue weighted by atomic mass is 9.75. The van der Waals surface area contributed by atoms with Crippen LogP contribution in [-0.4, -0.2) is 13.4 Å². The minimum Gasteiger partial charge on any atom is -0.462 e. The van der Waals surface area contributed by atoms with Crippen molar-refractivity contribution in [1.82, 2.24) is 0 Å². The first kappa shape index (κ1) is 13.4. The number of benzene rings is 2. The van der Waals surface area contributed by atoms with Crippen molar-refractivity contribution in [2.24, 2.45) is 0 Å². The number of halogens is 1. The molecule has 0 N–H and O–H groups in total. The predicted molar refractivity (Wildman–Crippen MR) is 83.0 cm³/mol. The summed E-state index contributed by atoms with van der Waals surface area (Å²) in [5, 5.41) is 0. The Hall–Kier alpha value is -1.58. The second kappa shape index (κ2) is 5.08. The summed E-state index contributed by atoms with van der Waals surface area (Å²) in [5.74, 6) is 0.822. The largest absolute Gasteiger partial charge is 0.462 e. The second-order valence-corrected chi connectivity index (χ2v) is 5.60. The maximum Gasteiger partial charge on any atom is 0.217 e. The molecule has 2 nitrogen and oxygen atoms in total. The smallest absolute Gasteiger partial charge is 0.217 e. The molecule has 0 aromatic heterocycles. The molecule has 2 atom stereocenters. The third-order valence-corrected chi connectivity index (χ3v) is 4.42. The summed E-state index contributed by atoms with van der Waals surface area (Å²) in [7, 11) is 1.66. The maximum atomic E-state index is 6.01. The van der Waals surface area contributed by atoms with Gasteiger partial charge in [0.25, 0.3) is 0 Å². The van der Waals surface area contributed by atoms with Crippen LogP contribution >= 0.6 is 15.9 Å². The van der Waals surface area contributed by atoms with Gasteiger partial charge in [0, 0.05) is 12.7 Å². The predicted octanol–water partition coefficient (Wildman–Crippen LogP) is 4.29. The van der Waals surface area contributed by atoms with E-state index in [0.29, 0.717) is 0 Å². The van der Waals surface area contributed by atoms with Crippen LogP contribution in [0.1, 0.15) is 11.1 Å². The zero-order valence-corrected chi connectivity index (χ0v) is 12.8. The van der Waals surface area contributed by atoms with Crippen molar-refractivity contribution >= 4 is 15.9 Å². The lowest BCUT2D eigenvalue weighted by Gasteiger charge is -2.30. The molecule has 2 aromatic carbocycles. The first-order valence-corrected chi connectivity index (χ1v) is 7.21. The van der Waals surface area contributed by atoms with Crippen molar-refractivity contribution in [3.05, 3.63) is 76.8 Å². The molecule has 102 valence electrons. The van der Waals surface area contributed by atoms with Gasteiger partial charge in [0.1, 0.15) is 11.2 Å². The third kappa shape index (κ3) is 1.74. The molecule has 1 aliphatic heterocycles. The monoisotopic (exact) mass is 330 g/mol. The van der Waals surface area contributed by atoms with Crippen LogP contribution in [0.3, 0.4) is 0 Å². The van der Waals surface area contributed by atoms with E-state index < -0.39 is 11.7 Å². The average Bonchev–Trinajstić information content (AvgIpc) is 2.84. The Balaban J connectivity index is 2.29. The van der Waals surface area contributed by atoms with Gasteiger partial charge in [-0.3, -0.25) is 0 Å². The number of para-hydroxylation sites is 1.